The van der Waals surface area contributed by atoms with Gasteiger partial charge in [-0.1, -0.05) is 26.0 Å². The molecule has 0 fully saturated rings. The Balaban J connectivity index is 2.43. The Labute approximate surface area is 90.3 Å². The van der Waals surface area contributed by atoms with Crippen LogP contribution in [0.25, 0.3) is 16.6 Å². The van der Waals surface area contributed by atoms with Crippen LogP contribution in [0.4, 0.5) is 0 Å². The summed E-state index contributed by atoms with van der Waals surface area (Å²) in [5.41, 5.74) is 4.63. The average molecular weight is 200 g/mol. The number of benzene rings is 1. The highest BCUT2D eigenvalue weighted by atomic mass is 15.0. The molecule has 0 spiro atoms. The number of nitrogens with zero attached hydrogens (tertiary/aromatic N) is 2. The quantitative estimate of drug-likeness (QED) is 0.742. The van der Waals surface area contributed by atoms with Crippen LogP contribution in [-0.4, -0.2) is 9.55 Å². The SMILES string of the molecule is C=C(CCC)c1ccc2c(c1)ncn2C. The van der Waals surface area contributed by atoms with Gasteiger partial charge in [0.25, 0.3) is 0 Å². The third-order valence-corrected chi connectivity index (χ3v) is 2.69. The molecule has 0 saturated heterocycles. The Morgan fingerprint density at radius 3 is 3.00 bits per heavy atom. The molecule has 0 aliphatic heterocycles. The highest BCUT2D eigenvalue weighted by Crippen LogP contribution is 2.21. The second-order valence-corrected chi connectivity index (χ2v) is 3.91. The highest BCUT2D eigenvalue weighted by molar-refractivity contribution is 5.80. The van der Waals surface area contributed by atoms with Crippen LogP contribution in [0.1, 0.15) is 25.3 Å². The number of aryl methyl sites for hydroxylation is 1. The Bertz CT molecular complexity index is 494. The normalized spacial score (nSPS) is 10.8. The van der Waals surface area contributed by atoms with Gasteiger partial charge in [0, 0.05) is 7.05 Å². The number of rotatable bonds is 3. The number of aromatic nitrogens is 2. The van der Waals surface area contributed by atoms with E-state index in [0.717, 1.165) is 18.4 Å². The first kappa shape index (κ1) is 9.97. The molecular formula is C13H16N2. The Morgan fingerprint density at radius 2 is 2.27 bits per heavy atom. The van der Waals surface area contributed by atoms with Crippen molar-refractivity contribution in [3.8, 4) is 0 Å². The summed E-state index contributed by atoms with van der Waals surface area (Å²) in [7, 11) is 2.01. The van der Waals surface area contributed by atoms with Gasteiger partial charge in [0.15, 0.2) is 0 Å². The van der Waals surface area contributed by atoms with E-state index in [1.165, 1.54) is 16.7 Å². The molecule has 0 unspecified atom stereocenters. The van der Waals surface area contributed by atoms with Gasteiger partial charge in [0.2, 0.25) is 0 Å². The van der Waals surface area contributed by atoms with Gasteiger partial charge in [0.1, 0.15) is 0 Å². The maximum absolute atomic E-state index is 4.34. The molecule has 15 heavy (non-hydrogen) atoms. The maximum Gasteiger partial charge on any atom is 0.0955 e. The zero-order valence-corrected chi connectivity index (χ0v) is 9.33. The predicted molar refractivity (Wildman–Crippen MR) is 64.7 cm³/mol. The Kier molecular flexibility index (Phi) is 2.58. The van der Waals surface area contributed by atoms with Gasteiger partial charge in [-0.15, -0.1) is 0 Å². The molecule has 2 rings (SSSR count). The molecule has 0 bridgehead atoms. The lowest BCUT2D eigenvalue weighted by Gasteiger charge is -2.04. The lowest BCUT2D eigenvalue weighted by Crippen LogP contribution is -1.86. The molecule has 0 atom stereocenters. The molecule has 1 aromatic carbocycles. The molecule has 0 amide bonds. The van der Waals surface area contributed by atoms with Crippen LogP contribution in [0.15, 0.2) is 31.1 Å². The second-order valence-electron chi connectivity index (χ2n) is 3.91. The molecule has 2 heteroatoms. The lowest BCUT2D eigenvalue weighted by molar-refractivity contribution is 0.947. The van der Waals surface area contributed by atoms with Crippen LogP contribution < -0.4 is 0 Å². The molecule has 1 aromatic heterocycles. The number of imidazole rings is 1. The molecule has 1 heterocycles. The molecule has 0 N–H and O–H groups in total. The van der Waals surface area contributed by atoms with E-state index in [1.807, 2.05) is 17.9 Å². The van der Waals surface area contributed by atoms with Crippen molar-refractivity contribution in [3.63, 3.8) is 0 Å². The molecule has 2 nitrogen and oxygen atoms in total. The largest absolute Gasteiger partial charge is 0.334 e. The van der Waals surface area contributed by atoms with E-state index in [1.54, 1.807) is 0 Å². The van der Waals surface area contributed by atoms with Crippen LogP contribution in [0, 0.1) is 0 Å². The molecule has 0 saturated carbocycles. The van der Waals surface area contributed by atoms with E-state index < -0.39 is 0 Å². The summed E-state index contributed by atoms with van der Waals surface area (Å²) < 4.78 is 2.03. The summed E-state index contributed by atoms with van der Waals surface area (Å²) in [6.45, 7) is 6.26. The fourth-order valence-corrected chi connectivity index (χ4v) is 1.80. The zero-order valence-electron chi connectivity index (χ0n) is 9.33. The van der Waals surface area contributed by atoms with Crippen molar-refractivity contribution in [2.24, 2.45) is 7.05 Å². The van der Waals surface area contributed by atoms with E-state index in [2.05, 4.69) is 36.7 Å². The van der Waals surface area contributed by atoms with Crippen LogP contribution in [0.5, 0.6) is 0 Å². The Morgan fingerprint density at radius 1 is 1.47 bits per heavy atom. The van der Waals surface area contributed by atoms with Gasteiger partial charge in [-0.25, -0.2) is 4.98 Å². The van der Waals surface area contributed by atoms with Crippen molar-refractivity contribution in [1.82, 2.24) is 9.55 Å². The minimum Gasteiger partial charge on any atom is -0.334 e. The van der Waals surface area contributed by atoms with Crippen molar-refractivity contribution in [2.45, 2.75) is 19.8 Å². The summed E-state index contributed by atoms with van der Waals surface area (Å²) in [5, 5.41) is 0. The van der Waals surface area contributed by atoms with Crippen LogP contribution in [0.2, 0.25) is 0 Å². The molecular weight excluding hydrogens is 184 g/mol. The summed E-state index contributed by atoms with van der Waals surface area (Å²) in [5.74, 6) is 0. The zero-order chi connectivity index (χ0) is 10.8. The number of allylic oxidation sites excluding steroid dienone is 1. The average Bonchev–Trinajstić information content (AvgIpc) is 2.60. The number of fused-ring (bicyclic) bond motifs is 1. The van der Waals surface area contributed by atoms with Gasteiger partial charge >= 0.3 is 0 Å². The van der Waals surface area contributed by atoms with Gasteiger partial charge < -0.3 is 4.57 Å². The summed E-state index contributed by atoms with van der Waals surface area (Å²) in [4.78, 5) is 4.34. The third kappa shape index (κ3) is 1.80. The van der Waals surface area contributed by atoms with Crippen molar-refractivity contribution in [3.05, 3.63) is 36.7 Å². The van der Waals surface area contributed by atoms with Crippen molar-refractivity contribution < 1.29 is 0 Å². The topological polar surface area (TPSA) is 17.8 Å². The number of hydrogen-bond acceptors (Lipinski definition) is 1. The summed E-state index contributed by atoms with van der Waals surface area (Å²) in [6.07, 6.45) is 4.04. The van der Waals surface area contributed by atoms with Crippen molar-refractivity contribution in [1.29, 1.82) is 0 Å². The minimum absolute atomic E-state index is 1.05. The van der Waals surface area contributed by atoms with Gasteiger partial charge in [-0.3, -0.25) is 0 Å². The smallest absolute Gasteiger partial charge is 0.0955 e. The first-order chi connectivity index (χ1) is 7.22. The standard InChI is InChI=1S/C13H16N2/c1-4-5-10(2)11-6-7-13-12(8-11)14-9-15(13)3/h6-9H,2,4-5H2,1,3H3. The van der Waals surface area contributed by atoms with E-state index in [-0.39, 0.29) is 0 Å². The van der Waals surface area contributed by atoms with Crippen LogP contribution >= 0.6 is 0 Å². The fraction of sp³-hybridized carbons (Fsp3) is 0.308. The molecule has 78 valence electrons. The van der Waals surface area contributed by atoms with E-state index >= 15 is 0 Å². The van der Waals surface area contributed by atoms with Gasteiger partial charge in [-0.2, -0.15) is 0 Å². The Hall–Kier alpha value is -1.57. The van der Waals surface area contributed by atoms with E-state index in [9.17, 15) is 0 Å². The summed E-state index contributed by atoms with van der Waals surface area (Å²) >= 11 is 0. The highest BCUT2D eigenvalue weighted by Gasteiger charge is 2.02. The third-order valence-electron chi connectivity index (χ3n) is 2.69. The predicted octanol–water partition coefficient (Wildman–Crippen LogP) is 3.39. The number of hydrogen-bond donors (Lipinski definition) is 0. The minimum atomic E-state index is 1.05. The maximum atomic E-state index is 4.34. The fourth-order valence-electron chi connectivity index (χ4n) is 1.80. The van der Waals surface area contributed by atoms with E-state index in [0.29, 0.717) is 0 Å². The van der Waals surface area contributed by atoms with Crippen molar-refractivity contribution >= 4 is 16.6 Å². The molecule has 0 aliphatic rings. The molecule has 0 aliphatic carbocycles. The molecule has 2 aromatic rings. The lowest BCUT2D eigenvalue weighted by atomic mass is 10.0. The van der Waals surface area contributed by atoms with E-state index in [4.69, 9.17) is 0 Å². The first-order valence-electron chi connectivity index (χ1n) is 5.31. The van der Waals surface area contributed by atoms with Crippen molar-refractivity contribution in [2.75, 3.05) is 0 Å². The second kappa shape index (κ2) is 3.89. The molecule has 0 radical (unpaired) electrons. The van der Waals surface area contributed by atoms with Crippen LogP contribution in [0.3, 0.4) is 0 Å². The van der Waals surface area contributed by atoms with Crippen LogP contribution in [-0.2, 0) is 7.05 Å². The van der Waals surface area contributed by atoms with Gasteiger partial charge in [0.05, 0.1) is 17.4 Å². The summed E-state index contributed by atoms with van der Waals surface area (Å²) in [6, 6.07) is 6.36. The first-order valence-corrected chi connectivity index (χ1v) is 5.31. The van der Waals surface area contributed by atoms with Gasteiger partial charge in [-0.05, 0) is 29.7 Å². The monoisotopic (exact) mass is 200 g/mol.